The lowest BCUT2D eigenvalue weighted by molar-refractivity contribution is -0.149. The molecule has 0 unspecified atom stereocenters. The SMILES string of the molecule is CC(C)(Oc1ccc(Cl)cc1)C(=O)Oc1ccccc1. The maximum absolute atomic E-state index is 12.1. The molecule has 0 saturated heterocycles. The Morgan fingerprint density at radius 1 is 0.950 bits per heavy atom. The van der Waals surface area contributed by atoms with Crippen LogP contribution in [0.2, 0.25) is 5.02 Å². The lowest BCUT2D eigenvalue weighted by Crippen LogP contribution is -2.41. The summed E-state index contributed by atoms with van der Waals surface area (Å²) in [5, 5.41) is 0.613. The van der Waals surface area contributed by atoms with Crippen molar-refractivity contribution in [3.8, 4) is 11.5 Å². The van der Waals surface area contributed by atoms with Crippen LogP contribution in [0.5, 0.6) is 11.5 Å². The van der Waals surface area contributed by atoms with Gasteiger partial charge in [0.25, 0.3) is 0 Å². The summed E-state index contributed by atoms with van der Waals surface area (Å²) in [4.78, 5) is 12.1. The first-order chi connectivity index (χ1) is 9.47. The topological polar surface area (TPSA) is 35.5 Å². The molecule has 0 bridgehead atoms. The molecule has 2 aromatic rings. The molecule has 2 rings (SSSR count). The number of benzene rings is 2. The Balaban J connectivity index is 2.05. The number of ether oxygens (including phenoxy) is 2. The summed E-state index contributed by atoms with van der Waals surface area (Å²) in [6, 6.07) is 15.7. The summed E-state index contributed by atoms with van der Waals surface area (Å²) in [7, 11) is 0. The highest BCUT2D eigenvalue weighted by molar-refractivity contribution is 6.30. The van der Waals surface area contributed by atoms with E-state index in [-0.39, 0.29) is 0 Å². The van der Waals surface area contributed by atoms with Crippen molar-refractivity contribution in [2.45, 2.75) is 19.4 Å². The van der Waals surface area contributed by atoms with Crippen LogP contribution in [0.3, 0.4) is 0 Å². The lowest BCUT2D eigenvalue weighted by Gasteiger charge is -2.24. The number of esters is 1. The summed E-state index contributed by atoms with van der Waals surface area (Å²) in [5.74, 6) is 0.591. The highest BCUT2D eigenvalue weighted by Gasteiger charge is 2.32. The third-order valence-electron chi connectivity index (χ3n) is 2.63. The minimum absolute atomic E-state index is 0.460. The van der Waals surface area contributed by atoms with E-state index in [4.69, 9.17) is 21.1 Å². The van der Waals surface area contributed by atoms with Crippen LogP contribution in [0.4, 0.5) is 0 Å². The molecule has 0 aliphatic rings. The van der Waals surface area contributed by atoms with Gasteiger partial charge in [-0.25, -0.2) is 4.79 Å². The summed E-state index contributed by atoms with van der Waals surface area (Å²) in [5.41, 5.74) is -1.09. The quantitative estimate of drug-likeness (QED) is 0.628. The van der Waals surface area contributed by atoms with Crippen molar-refractivity contribution < 1.29 is 14.3 Å². The molecule has 104 valence electrons. The van der Waals surface area contributed by atoms with E-state index in [1.54, 1.807) is 62.4 Å². The standard InChI is InChI=1S/C16H15ClO3/c1-16(2,20-14-10-8-12(17)9-11-14)15(18)19-13-6-4-3-5-7-13/h3-11H,1-2H3. The second-order valence-electron chi connectivity index (χ2n) is 4.77. The Hall–Kier alpha value is -2.00. The van der Waals surface area contributed by atoms with Gasteiger partial charge in [-0.15, -0.1) is 0 Å². The van der Waals surface area contributed by atoms with Crippen LogP contribution in [0.25, 0.3) is 0 Å². The molecule has 0 fully saturated rings. The maximum atomic E-state index is 12.1. The first-order valence-corrected chi connectivity index (χ1v) is 6.57. The zero-order valence-electron chi connectivity index (χ0n) is 11.3. The van der Waals surface area contributed by atoms with Gasteiger partial charge in [0.15, 0.2) is 0 Å². The van der Waals surface area contributed by atoms with Crippen molar-refractivity contribution in [1.82, 2.24) is 0 Å². The number of rotatable bonds is 4. The van der Waals surface area contributed by atoms with Gasteiger partial charge in [-0.2, -0.15) is 0 Å². The Bertz CT molecular complexity index is 576. The minimum Gasteiger partial charge on any atom is -0.476 e. The molecule has 0 amide bonds. The van der Waals surface area contributed by atoms with E-state index in [9.17, 15) is 4.79 Å². The van der Waals surface area contributed by atoms with E-state index < -0.39 is 11.6 Å². The van der Waals surface area contributed by atoms with Gasteiger partial charge in [-0.1, -0.05) is 29.8 Å². The fraction of sp³-hybridized carbons (Fsp3) is 0.188. The number of carbonyl (C=O) groups is 1. The van der Waals surface area contributed by atoms with E-state index in [0.29, 0.717) is 16.5 Å². The predicted octanol–water partition coefficient (Wildman–Crippen LogP) is 4.10. The average Bonchev–Trinajstić information content (AvgIpc) is 2.42. The third-order valence-corrected chi connectivity index (χ3v) is 2.88. The molecule has 0 aliphatic heterocycles. The van der Waals surface area contributed by atoms with Crippen LogP contribution in [0.15, 0.2) is 54.6 Å². The van der Waals surface area contributed by atoms with Crippen LogP contribution in [-0.4, -0.2) is 11.6 Å². The van der Waals surface area contributed by atoms with E-state index >= 15 is 0 Å². The van der Waals surface area contributed by atoms with E-state index in [0.717, 1.165) is 0 Å². The smallest absolute Gasteiger partial charge is 0.355 e. The Morgan fingerprint density at radius 3 is 2.15 bits per heavy atom. The van der Waals surface area contributed by atoms with Gasteiger partial charge >= 0.3 is 5.97 Å². The monoisotopic (exact) mass is 290 g/mol. The molecule has 0 radical (unpaired) electrons. The fourth-order valence-corrected chi connectivity index (χ4v) is 1.68. The number of carbonyl (C=O) groups excluding carboxylic acids is 1. The van der Waals surface area contributed by atoms with Crippen molar-refractivity contribution in [2.24, 2.45) is 0 Å². The van der Waals surface area contributed by atoms with Gasteiger partial charge in [-0.05, 0) is 50.2 Å². The highest BCUT2D eigenvalue weighted by atomic mass is 35.5. The normalized spacial score (nSPS) is 10.9. The van der Waals surface area contributed by atoms with Crippen LogP contribution >= 0.6 is 11.6 Å². The van der Waals surface area contributed by atoms with Crippen molar-refractivity contribution in [3.05, 3.63) is 59.6 Å². The maximum Gasteiger partial charge on any atom is 0.355 e. The summed E-state index contributed by atoms with van der Waals surface area (Å²) in [6.45, 7) is 3.32. The highest BCUT2D eigenvalue weighted by Crippen LogP contribution is 2.22. The summed E-state index contributed by atoms with van der Waals surface area (Å²) < 4.78 is 10.9. The van der Waals surface area contributed by atoms with E-state index in [1.165, 1.54) is 0 Å². The molecule has 0 heterocycles. The first kappa shape index (κ1) is 14.4. The summed E-state index contributed by atoms with van der Waals surface area (Å²) >= 11 is 5.81. The average molecular weight is 291 g/mol. The second kappa shape index (κ2) is 5.97. The largest absolute Gasteiger partial charge is 0.476 e. The van der Waals surface area contributed by atoms with Crippen LogP contribution < -0.4 is 9.47 Å². The van der Waals surface area contributed by atoms with Crippen molar-refractivity contribution >= 4 is 17.6 Å². The van der Waals surface area contributed by atoms with Crippen molar-refractivity contribution in [3.63, 3.8) is 0 Å². The zero-order chi connectivity index (χ0) is 14.6. The molecule has 20 heavy (non-hydrogen) atoms. The van der Waals surface area contributed by atoms with Crippen LogP contribution in [0, 0.1) is 0 Å². The minimum atomic E-state index is -1.09. The van der Waals surface area contributed by atoms with Crippen LogP contribution in [-0.2, 0) is 4.79 Å². The van der Waals surface area contributed by atoms with Gasteiger partial charge in [0.05, 0.1) is 0 Å². The molecule has 0 spiro atoms. The van der Waals surface area contributed by atoms with Crippen molar-refractivity contribution in [2.75, 3.05) is 0 Å². The van der Waals surface area contributed by atoms with Gasteiger partial charge in [-0.3, -0.25) is 0 Å². The Labute approximate surface area is 123 Å². The molecule has 2 aromatic carbocycles. The molecule has 3 nitrogen and oxygen atoms in total. The molecule has 0 saturated carbocycles. The number of hydrogen-bond acceptors (Lipinski definition) is 3. The van der Waals surface area contributed by atoms with Gasteiger partial charge in [0.1, 0.15) is 11.5 Å². The molecule has 0 N–H and O–H groups in total. The van der Waals surface area contributed by atoms with Gasteiger partial charge in [0, 0.05) is 5.02 Å². The molecule has 4 heteroatoms. The number of halogens is 1. The summed E-state index contributed by atoms with van der Waals surface area (Å²) in [6.07, 6.45) is 0. The first-order valence-electron chi connectivity index (χ1n) is 6.19. The van der Waals surface area contributed by atoms with Crippen molar-refractivity contribution in [1.29, 1.82) is 0 Å². The molecule has 0 aliphatic carbocycles. The molecular formula is C16H15ClO3. The molecular weight excluding hydrogens is 276 g/mol. The van der Waals surface area contributed by atoms with Gasteiger partial charge in [0.2, 0.25) is 5.60 Å². The third kappa shape index (κ3) is 3.75. The van der Waals surface area contributed by atoms with Gasteiger partial charge < -0.3 is 9.47 Å². The fourth-order valence-electron chi connectivity index (χ4n) is 1.56. The number of hydrogen-bond donors (Lipinski definition) is 0. The number of para-hydroxylation sites is 1. The second-order valence-corrected chi connectivity index (χ2v) is 5.21. The predicted molar refractivity (Wildman–Crippen MR) is 78.2 cm³/mol. The Morgan fingerprint density at radius 2 is 1.55 bits per heavy atom. The molecule has 0 aromatic heterocycles. The van der Waals surface area contributed by atoms with E-state index in [1.807, 2.05) is 6.07 Å². The Kier molecular flexibility index (Phi) is 4.30. The molecule has 0 atom stereocenters. The lowest BCUT2D eigenvalue weighted by atomic mass is 10.1. The van der Waals surface area contributed by atoms with E-state index in [2.05, 4.69) is 0 Å². The zero-order valence-corrected chi connectivity index (χ0v) is 12.1. The van der Waals surface area contributed by atoms with Crippen LogP contribution in [0.1, 0.15) is 13.8 Å².